The number of nitriles is 1. The van der Waals surface area contributed by atoms with Gasteiger partial charge < -0.3 is 9.13 Å². The van der Waals surface area contributed by atoms with E-state index in [4.69, 9.17) is 0 Å². The predicted octanol–water partition coefficient (Wildman–Crippen LogP) is 11.4. The van der Waals surface area contributed by atoms with Gasteiger partial charge in [-0.25, -0.2) is 0 Å². The molecule has 0 aliphatic heterocycles. The number of aromatic nitrogens is 3. The van der Waals surface area contributed by atoms with E-state index in [-0.39, 0.29) is 10.8 Å². The Bertz CT molecular complexity index is 2580. The minimum atomic E-state index is -0.0271. The molecule has 4 heteroatoms. The van der Waals surface area contributed by atoms with Crippen LogP contribution in [0, 0.1) is 11.3 Å². The van der Waals surface area contributed by atoms with Crippen LogP contribution in [0.2, 0.25) is 0 Å². The second-order valence-corrected chi connectivity index (χ2v) is 14.9. The number of benzene rings is 5. The zero-order valence-electron chi connectivity index (χ0n) is 28.3. The lowest BCUT2D eigenvalue weighted by molar-refractivity contribution is 0.590. The van der Waals surface area contributed by atoms with Crippen molar-refractivity contribution in [2.24, 2.45) is 0 Å². The molecule has 0 amide bonds. The van der Waals surface area contributed by atoms with Gasteiger partial charge in [-0.05, 0) is 64.4 Å². The molecule has 0 aliphatic rings. The van der Waals surface area contributed by atoms with E-state index in [1.54, 1.807) is 0 Å². The summed E-state index contributed by atoms with van der Waals surface area (Å²) in [6, 6.07) is 41.7. The normalized spacial score (nSPS) is 12.4. The summed E-state index contributed by atoms with van der Waals surface area (Å²) in [5, 5.41) is 15.6. The molecule has 8 aromatic rings. The van der Waals surface area contributed by atoms with Gasteiger partial charge in [-0.1, -0.05) is 108 Å². The SMILES string of the molecule is CC(C)(C)c1ccc2c3ccccc3n(-c3cc(-c4cccnc4)c(-n4c5ccccc5c5ccc(C(C)(C)C)cc54)cc3C#N)c2c1. The minimum absolute atomic E-state index is 0.0221. The molecule has 0 saturated heterocycles. The largest absolute Gasteiger partial charge is 0.309 e. The van der Waals surface area contributed by atoms with E-state index in [1.165, 1.54) is 32.7 Å². The molecule has 234 valence electrons. The summed E-state index contributed by atoms with van der Waals surface area (Å²) in [5.41, 5.74) is 11.3. The molecular weight excluding hydrogens is 585 g/mol. The molecule has 3 heterocycles. The highest BCUT2D eigenvalue weighted by molar-refractivity contribution is 6.11. The van der Waals surface area contributed by atoms with Crippen molar-refractivity contribution in [3.63, 3.8) is 0 Å². The first-order valence-electron chi connectivity index (χ1n) is 16.6. The van der Waals surface area contributed by atoms with E-state index in [2.05, 4.69) is 165 Å². The Kier molecular flexibility index (Phi) is 6.62. The molecule has 0 saturated carbocycles. The molecule has 8 rings (SSSR count). The van der Waals surface area contributed by atoms with Crippen LogP contribution in [0.5, 0.6) is 0 Å². The number of hydrogen-bond donors (Lipinski definition) is 0. The van der Waals surface area contributed by atoms with Crippen LogP contribution >= 0.6 is 0 Å². The van der Waals surface area contributed by atoms with Crippen LogP contribution in [0.4, 0.5) is 0 Å². The van der Waals surface area contributed by atoms with Gasteiger partial charge in [-0.2, -0.15) is 5.26 Å². The Hall–Kier alpha value is -5.66. The summed E-state index contributed by atoms with van der Waals surface area (Å²) < 4.78 is 4.63. The van der Waals surface area contributed by atoms with Crippen LogP contribution < -0.4 is 0 Å². The molecule has 0 fully saturated rings. The number of para-hydroxylation sites is 2. The molecule has 0 unspecified atom stereocenters. The molecule has 0 spiro atoms. The average Bonchev–Trinajstić information content (AvgIpc) is 3.59. The highest BCUT2D eigenvalue weighted by atomic mass is 15.0. The van der Waals surface area contributed by atoms with Crippen molar-refractivity contribution in [2.45, 2.75) is 52.4 Å². The van der Waals surface area contributed by atoms with Gasteiger partial charge in [0.25, 0.3) is 0 Å². The van der Waals surface area contributed by atoms with Crippen molar-refractivity contribution in [2.75, 3.05) is 0 Å². The summed E-state index contributed by atoms with van der Waals surface area (Å²) in [5.74, 6) is 0. The molecule has 4 nitrogen and oxygen atoms in total. The maximum Gasteiger partial charge on any atom is 0.101 e. The van der Waals surface area contributed by atoms with Gasteiger partial charge in [0.15, 0.2) is 0 Å². The third-order valence-corrected chi connectivity index (χ3v) is 9.77. The summed E-state index contributed by atoms with van der Waals surface area (Å²) >= 11 is 0. The monoisotopic (exact) mass is 622 g/mol. The van der Waals surface area contributed by atoms with Gasteiger partial charge in [0, 0.05) is 45.1 Å². The van der Waals surface area contributed by atoms with Gasteiger partial charge in [0.05, 0.1) is 39.0 Å². The Morgan fingerprint density at radius 1 is 0.542 bits per heavy atom. The lowest BCUT2D eigenvalue weighted by Crippen LogP contribution is -2.11. The first kappa shape index (κ1) is 29.7. The van der Waals surface area contributed by atoms with E-state index < -0.39 is 0 Å². The van der Waals surface area contributed by atoms with Crippen molar-refractivity contribution in [3.8, 4) is 28.6 Å². The molecule has 0 bridgehead atoms. The average molecular weight is 623 g/mol. The zero-order chi connectivity index (χ0) is 33.4. The Morgan fingerprint density at radius 3 is 1.56 bits per heavy atom. The van der Waals surface area contributed by atoms with E-state index in [9.17, 15) is 5.26 Å². The summed E-state index contributed by atoms with van der Waals surface area (Å²) in [6.45, 7) is 13.5. The Balaban J connectivity index is 1.52. The summed E-state index contributed by atoms with van der Waals surface area (Å²) in [7, 11) is 0. The van der Waals surface area contributed by atoms with Crippen LogP contribution in [-0.4, -0.2) is 14.1 Å². The fourth-order valence-corrected chi connectivity index (χ4v) is 7.18. The fraction of sp³-hybridized carbons (Fsp3) is 0.182. The highest BCUT2D eigenvalue weighted by Crippen LogP contribution is 2.42. The van der Waals surface area contributed by atoms with Crippen molar-refractivity contribution in [1.29, 1.82) is 5.26 Å². The molecule has 0 aliphatic carbocycles. The van der Waals surface area contributed by atoms with E-state index in [1.807, 2.05) is 18.5 Å². The van der Waals surface area contributed by atoms with Crippen LogP contribution in [0.1, 0.15) is 58.2 Å². The van der Waals surface area contributed by atoms with Crippen molar-refractivity contribution in [3.05, 3.63) is 138 Å². The molecule has 0 N–H and O–H groups in total. The molecule has 0 atom stereocenters. The van der Waals surface area contributed by atoms with Crippen molar-refractivity contribution < 1.29 is 0 Å². The Labute approximate surface area is 281 Å². The van der Waals surface area contributed by atoms with Crippen molar-refractivity contribution in [1.82, 2.24) is 14.1 Å². The first-order valence-corrected chi connectivity index (χ1v) is 16.6. The maximum atomic E-state index is 10.9. The third kappa shape index (κ3) is 4.61. The number of hydrogen-bond acceptors (Lipinski definition) is 2. The minimum Gasteiger partial charge on any atom is -0.309 e. The first-order chi connectivity index (χ1) is 23.0. The van der Waals surface area contributed by atoms with Crippen molar-refractivity contribution >= 4 is 43.6 Å². The fourth-order valence-electron chi connectivity index (χ4n) is 7.18. The highest BCUT2D eigenvalue weighted by Gasteiger charge is 2.24. The smallest absolute Gasteiger partial charge is 0.101 e. The number of nitrogens with zero attached hydrogens (tertiary/aromatic N) is 4. The standard InChI is InChI=1S/C44H38N4/c1-43(2,3)30-17-19-34-32-13-7-9-15-37(32)47(41(34)23-30)39-25-36(28-12-11-21-46-27-28)40(22-29(39)26-45)48-38-16-10-8-14-33(38)35-20-18-31(24-42(35)48)44(4,5)6/h7-25,27H,1-6H3. The number of fused-ring (bicyclic) bond motifs is 6. The quantitative estimate of drug-likeness (QED) is 0.197. The van der Waals surface area contributed by atoms with E-state index >= 15 is 0 Å². The van der Waals surface area contributed by atoms with Crippen LogP contribution in [0.15, 0.2) is 122 Å². The van der Waals surface area contributed by atoms with Gasteiger partial charge in [-0.3, -0.25) is 4.98 Å². The number of pyridine rings is 1. The Morgan fingerprint density at radius 2 is 1.06 bits per heavy atom. The lowest BCUT2D eigenvalue weighted by Gasteiger charge is -2.21. The lowest BCUT2D eigenvalue weighted by atomic mass is 9.86. The molecule has 5 aromatic carbocycles. The van der Waals surface area contributed by atoms with E-state index in [0.29, 0.717) is 5.56 Å². The molecule has 3 aromatic heterocycles. The summed E-state index contributed by atoms with van der Waals surface area (Å²) in [6.07, 6.45) is 3.73. The molecule has 48 heavy (non-hydrogen) atoms. The second-order valence-electron chi connectivity index (χ2n) is 14.9. The topological polar surface area (TPSA) is 46.5 Å². The van der Waals surface area contributed by atoms with Crippen LogP contribution in [0.25, 0.3) is 66.1 Å². The summed E-state index contributed by atoms with van der Waals surface area (Å²) in [4.78, 5) is 4.55. The van der Waals surface area contributed by atoms with Gasteiger partial charge >= 0.3 is 0 Å². The second kappa shape index (κ2) is 10.7. The van der Waals surface area contributed by atoms with Crippen LogP contribution in [-0.2, 0) is 10.8 Å². The van der Waals surface area contributed by atoms with Crippen LogP contribution in [0.3, 0.4) is 0 Å². The predicted molar refractivity (Wildman–Crippen MR) is 200 cm³/mol. The van der Waals surface area contributed by atoms with Gasteiger partial charge in [0.2, 0.25) is 0 Å². The number of rotatable bonds is 3. The molecular formula is C44H38N4. The van der Waals surface area contributed by atoms with E-state index in [0.717, 1.165) is 44.6 Å². The molecule has 0 radical (unpaired) electrons. The van der Waals surface area contributed by atoms with Gasteiger partial charge in [0.1, 0.15) is 6.07 Å². The zero-order valence-corrected chi connectivity index (χ0v) is 28.3. The third-order valence-electron chi connectivity index (χ3n) is 9.77. The maximum absolute atomic E-state index is 10.9. The van der Waals surface area contributed by atoms with Gasteiger partial charge in [-0.15, -0.1) is 0 Å².